The minimum atomic E-state index is -0.314. The zero-order valence-electron chi connectivity index (χ0n) is 23.8. The number of anilines is 1. The molecule has 0 spiro atoms. The van der Waals surface area contributed by atoms with E-state index >= 15 is 0 Å². The van der Waals surface area contributed by atoms with Crippen LogP contribution in [0.4, 0.5) is 5.82 Å². The SMILES string of the molecule is C#Cc1nc(N2CC(O)C2)c2ccccc2c1C12CCC(OCc3c(-c4c(Cl)cncc4Cl)noc3C3CC3)(CC1)CC2. The molecule has 1 saturated heterocycles. The Kier molecular flexibility index (Phi) is 6.50. The van der Waals surface area contributed by atoms with E-state index in [0.717, 1.165) is 79.6 Å². The minimum Gasteiger partial charge on any atom is -0.389 e. The zero-order valence-corrected chi connectivity index (χ0v) is 25.3. The van der Waals surface area contributed by atoms with Crippen molar-refractivity contribution in [2.24, 2.45) is 0 Å². The lowest BCUT2D eigenvalue weighted by atomic mass is 9.55. The van der Waals surface area contributed by atoms with Crippen LogP contribution in [0.3, 0.4) is 0 Å². The third kappa shape index (κ3) is 4.45. The van der Waals surface area contributed by atoms with E-state index < -0.39 is 0 Å². The predicted molar refractivity (Wildman–Crippen MR) is 167 cm³/mol. The summed E-state index contributed by atoms with van der Waals surface area (Å²) >= 11 is 13.1. The van der Waals surface area contributed by atoms with E-state index in [0.29, 0.717) is 46.9 Å². The zero-order chi connectivity index (χ0) is 29.3. The van der Waals surface area contributed by atoms with Crippen LogP contribution >= 0.6 is 23.2 Å². The van der Waals surface area contributed by atoms with Gasteiger partial charge in [-0.1, -0.05) is 52.6 Å². The summed E-state index contributed by atoms with van der Waals surface area (Å²) in [5.74, 6) is 5.09. The first-order valence-corrected chi connectivity index (χ1v) is 15.9. The molecular formula is C34H32Cl2N4O3. The molecule has 0 amide bonds. The fraction of sp³-hybridized carbons (Fsp3) is 0.441. The molecular weight excluding hydrogens is 583 g/mol. The Bertz CT molecular complexity index is 1740. The molecule has 43 heavy (non-hydrogen) atoms. The number of aliphatic hydroxyl groups is 1. The van der Waals surface area contributed by atoms with Crippen LogP contribution in [-0.4, -0.2) is 45.0 Å². The van der Waals surface area contributed by atoms with Crippen molar-refractivity contribution < 1.29 is 14.4 Å². The van der Waals surface area contributed by atoms with Crippen LogP contribution in [0.2, 0.25) is 10.0 Å². The van der Waals surface area contributed by atoms with Crippen LogP contribution in [0.1, 0.15) is 79.9 Å². The number of ether oxygens (including phenoxy) is 1. The lowest BCUT2D eigenvalue weighted by Crippen LogP contribution is -2.52. The molecule has 2 bridgehead atoms. The van der Waals surface area contributed by atoms with E-state index in [1.165, 1.54) is 10.9 Å². The number of hydrogen-bond donors (Lipinski definition) is 1. The van der Waals surface area contributed by atoms with Gasteiger partial charge in [-0.3, -0.25) is 4.98 Å². The summed E-state index contributed by atoms with van der Waals surface area (Å²) in [6.45, 7) is 1.58. The number of pyridine rings is 2. The molecule has 1 N–H and O–H groups in total. The third-order valence-corrected chi connectivity index (χ3v) is 10.9. The molecule has 220 valence electrons. The standard InChI is InChI=1S/C34H32Cl2N4O3/c1-2-27-29(22-5-3-4-6-23(22)32(38-27)40-17-21(41)18-40)33-9-12-34(13-10-33,14-11-33)42-19-24-30(39-43-31(24)20-7-8-20)28-25(35)15-37-16-26(28)36/h1,3-6,15-16,20-21,41H,7-14,17-19H2. The second-order valence-corrected chi connectivity index (χ2v) is 13.6. The maximum absolute atomic E-state index is 9.95. The molecule has 3 aromatic heterocycles. The molecule has 4 aromatic rings. The molecule has 4 heterocycles. The number of hydrogen-bond acceptors (Lipinski definition) is 7. The van der Waals surface area contributed by atoms with Crippen molar-refractivity contribution in [3.63, 3.8) is 0 Å². The van der Waals surface area contributed by atoms with Gasteiger partial charge in [-0.15, -0.1) is 6.42 Å². The average Bonchev–Trinajstić information content (AvgIpc) is 3.78. The molecule has 9 heteroatoms. The Labute approximate surface area is 260 Å². The van der Waals surface area contributed by atoms with Crippen LogP contribution < -0.4 is 4.90 Å². The Morgan fingerprint density at radius 2 is 1.70 bits per heavy atom. The highest BCUT2D eigenvalue weighted by atomic mass is 35.5. The highest BCUT2D eigenvalue weighted by Crippen LogP contribution is 2.57. The van der Waals surface area contributed by atoms with Gasteiger partial charge in [0.2, 0.25) is 0 Å². The van der Waals surface area contributed by atoms with Crippen molar-refractivity contribution in [1.82, 2.24) is 15.1 Å². The van der Waals surface area contributed by atoms with Gasteiger partial charge in [-0.2, -0.15) is 0 Å². The van der Waals surface area contributed by atoms with Gasteiger partial charge in [0.05, 0.1) is 28.4 Å². The molecule has 4 saturated carbocycles. The predicted octanol–water partition coefficient (Wildman–Crippen LogP) is 7.19. The van der Waals surface area contributed by atoms with Gasteiger partial charge in [-0.05, 0) is 68.1 Å². The Balaban J connectivity index is 1.08. The minimum absolute atomic E-state index is 0.0357. The van der Waals surface area contributed by atoms with Crippen LogP contribution in [0.15, 0.2) is 41.2 Å². The summed E-state index contributed by atoms with van der Waals surface area (Å²) in [7, 11) is 0. The first-order valence-electron chi connectivity index (χ1n) is 15.1. The molecule has 0 atom stereocenters. The average molecular weight is 616 g/mol. The highest BCUT2D eigenvalue weighted by Gasteiger charge is 2.52. The summed E-state index contributed by atoms with van der Waals surface area (Å²) in [5.41, 5.74) is 3.95. The quantitative estimate of drug-likeness (QED) is 0.220. The van der Waals surface area contributed by atoms with Crippen molar-refractivity contribution in [2.75, 3.05) is 18.0 Å². The van der Waals surface area contributed by atoms with Crippen molar-refractivity contribution in [1.29, 1.82) is 0 Å². The number of halogens is 2. The number of fused-ring (bicyclic) bond motifs is 4. The highest BCUT2D eigenvalue weighted by molar-refractivity contribution is 6.38. The topological polar surface area (TPSA) is 84.5 Å². The Morgan fingerprint density at radius 1 is 1.02 bits per heavy atom. The molecule has 5 aliphatic rings. The van der Waals surface area contributed by atoms with E-state index in [9.17, 15) is 5.11 Å². The largest absolute Gasteiger partial charge is 0.389 e. The number of terminal acetylenes is 1. The molecule has 4 aliphatic carbocycles. The van der Waals surface area contributed by atoms with Gasteiger partial charge in [0.15, 0.2) is 0 Å². The van der Waals surface area contributed by atoms with E-state index in [1.807, 2.05) is 0 Å². The monoisotopic (exact) mass is 614 g/mol. The second kappa shape index (κ2) is 10.2. The number of aliphatic hydroxyl groups excluding tert-OH is 1. The molecule has 1 aromatic carbocycles. The summed E-state index contributed by atoms with van der Waals surface area (Å²) < 4.78 is 12.8. The Morgan fingerprint density at radius 3 is 2.33 bits per heavy atom. The smallest absolute Gasteiger partial charge is 0.145 e. The lowest BCUT2D eigenvalue weighted by molar-refractivity contribution is -0.126. The number of nitrogens with zero attached hydrogens (tertiary/aromatic N) is 4. The number of benzene rings is 1. The van der Waals surface area contributed by atoms with E-state index in [4.69, 9.17) is 43.9 Å². The van der Waals surface area contributed by atoms with E-state index in [1.54, 1.807) is 12.4 Å². The molecule has 9 rings (SSSR count). The fourth-order valence-electron chi connectivity index (χ4n) is 7.69. The first-order chi connectivity index (χ1) is 20.9. The van der Waals surface area contributed by atoms with Gasteiger partial charge in [-0.25, -0.2) is 4.98 Å². The maximum atomic E-state index is 9.95. The molecule has 0 unspecified atom stereocenters. The second-order valence-electron chi connectivity index (χ2n) is 12.8. The van der Waals surface area contributed by atoms with Crippen LogP contribution in [0.25, 0.3) is 22.0 Å². The molecule has 1 aliphatic heterocycles. The number of aromatic nitrogens is 3. The summed E-state index contributed by atoms with van der Waals surface area (Å²) in [4.78, 5) is 11.3. The number of rotatable bonds is 7. The van der Waals surface area contributed by atoms with Crippen molar-refractivity contribution in [3.8, 4) is 23.6 Å². The normalized spacial score (nSPS) is 25.2. The third-order valence-electron chi connectivity index (χ3n) is 10.3. The van der Waals surface area contributed by atoms with Crippen LogP contribution in [-0.2, 0) is 16.8 Å². The molecule has 7 nitrogen and oxygen atoms in total. The van der Waals surface area contributed by atoms with Crippen LogP contribution in [0.5, 0.6) is 0 Å². The van der Waals surface area contributed by atoms with Gasteiger partial charge in [0.1, 0.15) is 23.0 Å². The summed E-state index contributed by atoms with van der Waals surface area (Å²) in [6.07, 6.45) is 17.0. The van der Waals surface area contributed by atoms with Crippen molar-refractivity contribution >= 4 is 39.8 Å². The van der Waals surface area contributed by atoms with Gasteiger partial charge in [0.25, 0.3) is 0 Å². The maximum Gasteiger partial charge on any atom is 0.145 e. The first kappa shape index (κ1) is 27.4. The van der Waals surface area contributed by atoms with E-state index in [-0.39, 0.29) is 17.1 Å². The van der Waals surface area contributed by atoms with Crippen LogP contribution in [0, 0.1) is 12.3 Å². The van der Waals surface area contributed by atoms with E-state index in [2.05, 4.69) is 45.2 Å². The van der Waals surface area contributed by atoms with Gasteiger partial charge >= 0.3 is 0 Å². The summed E-state index contributed by atoms with van der Waals surface area (Å²) in [5, 5.41) is 17.6. The molecule has 5 fully saturated rings. The van der Waals surface area contributed by atoms with Gasteiger partial charge < -0.3 is 19.3 Å². The molecule has 0 radical (unpaired) electrons. The fourth-order valence-corrected chi connectivity index (χ4v) is 8.23. The summed E-state index contributed by atoms with van der Waals surface area (Å²) in [6, 6.07) is 8.47. The Hall–Kier alpha value is -3.15. The van der Waals surface area contributed by atoms with Gasteiger partial charge in [0, 0.05) is 53.5 Å². The van der Waals surface area contributed by atoms with Crippen molar-refractivity contribution in [3.05, 3.63) is 69.3 Å². The number of β-amino-alcohol motifs (C(OH)–C–C–N with tert-alkyl or cyclic N) is 1. The van der Waals surface area contributed by atoms with Crippen molar-refractivity contribution in [2.45, 2.75) is 81.0 Å². The lowest BCUT2D eigenvalue weighted by Gasteiger charge is -2.54.